The summed E-state index contributed by atoms with van der Waals surface area (Å²) in [4.78, 5) is 24.1. The van der Waals surface area contributed by atoms with Crippen molar-refractivity contribution in [2.75, 3.05) is 22.6 Å². The fraction of sp³-hybridized carbons (Fsp3) is 0.529. The Morgan fingerprint density at radius 1 is 1.36 bits per heavy atom. The van der Waals surface area contributed by atoms with Crippen molar-refractivity contribution in [1.29, 1.82) is 0 Å². The van der Waals surface area contributed by atoms with Crippen molar-refractivity contribution in [2.45, 2.75) is 38.5 Å². The summed E-state index contributed by atoms with van der Waals surface area (Å²) >= 11 is 1.27. The van der Waals surface area contributed by atoms with Crippen molar-refractivity contribution in [1.82, 2.24) is 0 Å². The van der Waals surface area contributed by atoms with Gasteiger partial charge in [-0.25, -0.2) is 8.42 Å². The topological polar surface area (TPSA) is 89.5 Å². The second kappa shape index (κ2) is 8.23. The molecule has 0 bridgehead atoms. The standard InChI is InChI=1S/C17H23NO5S2/c1-11-4-5-12(2)15(8-11)18-17(20)13(3)23-16(19)9-24-14-6-7-25(21,22)10-14/h4-5,8,13-14H,6-7,9-10H2,1-3H3,(H,18,20)/t13-,14-/m0/s1. The summed E-state index contributed by atoms with van der Waals surface area (Å²) in [7, 11) is -2.96. The number of benzene rings is 1. The fourth-order valence-corrected chi connectivity index (χ4v) is 5.89. The molecule has 1 saturated heterocycles. The Balaban J connectivity index is 1.80. The summed E-state index contributed by atoms with van der Waals surface area (Å²) in [5, 5.41) is 2.69. The SMILES string of the molecule is Cc1ccc(C)c(NC(=O)[C@H](C)OC(=O)CS[C@H]2CCS(=O)(=O)C2)c1. The van der Waals surface area contributed by atoms with E-state index in [1.807, 2.05) is 32.0 Å². The first kappa shape index (κ1) is 19.8. The van der Waals surface area contributed by atoms with E-state index in [-0.39, 0.29) is 22.5 Å². The molecule has 1 aromatic rings. The lowest BCUT2D eigenvalue weighted by molar-refractivity contribution is -0.150. The van der Waals surface area contributed by atoms with E-state index in [1.54, 1.807) is 0 Å². The first-order chi connectivity index (χ1) is 11.7. The number of esters is 1. The average Bonchev–Trinajstić information content (AvgIpc) is 2.88. The third kappa shape index (κ3) is 6.04. The normalized spacial score (nSPS) is 20.0. The Kier molecular flexibility index (Phi) is 6.51. The number of rotatable bonds is 6. The van der Waals surface area contributed by atoms with Gasteiger partial charge in [0.2, 0.25) is 0 Å². The smallest absolute Gasteiger partial charge is 0.316 e. The van der Waals surface area contributed by atoms with E-state index in [2.05, 4.69) is 5.32 Å². The van der Waals surface area contributed by atoms with E-state index in [0.717, 1.165) is 11.1 Å². The highest BCUT2D eigenvalue weighted by molar-refractivity contribution is 8.02. The van der Waals surface area contributed by atoms with Crippen LogP contribution in [0.3, 0.4) is 0 Å². The second-order valence-corrected chi connectivity index (χ2v) is 9.79. The van der Waals surface area contributed by atoms with Gasteiger partial charge in [-0.2, -0.15) is 0 Å². The molecule has 1 heterocycles. The molecule has 0 spiro atoms. The number of hydrogen-bond acceptors (Lipinski definition) is 6. The van der Waals surface area contributed by atoms with Crippen molar-refractivity contribution in [3.05, 3.63) is 29.3 Å². The molecule has 2 atom stereocenters. The number of nitrogens with one attached hydrogen (secondary N) is 1. The molecule has 1 aliphatic rings. The largest absolute Gasteiger partial charge is 0.452 e. The molecule has 8 heteroatoms. The monoisotopic (exact) mass is 385 g/mol. The van der Waals surface area contributed by atoms with Gasteiger partial charge in [-0.1, -0.05) is 12.1 Å². The number of carbonyl (C=O) groups is 2. The average molecular weight is 386 g/mol. The molecule has 1 aliphatic heterocycles. The Morgan fingerprint density at radius 3 is 2.72 bits per heavy atom. The minimum Gasteiger partial charge on any atom is -0.452 e. The number of ether oxygens (including phenoxy) is 1. The zero-order chi connectivity index (χ0) is 18.6. The summed E-state index contributed by atoms with van der Waals surface area (Å²) < 4.78 is 27.9. The first-order valence-electron chi connectivity index (χ1n) is 8.06. The number of amides is 1. The summed E-state index contributed by atoms with van der Waals surface area (Å²) in [6.07, 6.45) is -0.358. The van der Waals surface area contributed by atoms with Gasteiger partial charge in [0.15, 0.2) is 15.9 Å². The lowest BCUT2D eigenvalue weighted by Gasteiger charge is -2.15. The second-order valence-electron chi connectivity index (χ2n) is 6.28. The van der Waals surface area contributed by atoms with Crippen LogP contribution in [0.1, 0.15) is 24.5 Å². The van der Waals surface area contributed by atoms with E-state index >= 15 is 0 Å². The van der Waals surface area contributed by atoms with E-state index in [4.69, 9.17) is 4.74 Å². The molecular formula is C17H23NO5S2. The van der Waals surface area contributed by atoms with Gasteiger partial charge >= 0.3 is 5.97 Å². The number of sulfone groups is 1. The van der Waals surface area contributed by atoms with Crippen molar-refractivity contribution < 1.29 is 22.7 Å². The van der Waals surface area contributed by atoms with Crippen molar-refractivity contribution in [3.8, 4) is 0 Å². The van der Waals surface area contributed by atoms with Crippen LogP contribution in [-0.4, -0.2) is 48.9 Å². The molecule has 25 heavy (non-hydrogen) atoms. The molecule has 1 fully saturated rings. The highest BCUT2D eigenvalue weighted by Crippen LogP contribution is 2.24. The molecule has 0 radical (unpaired) electrons. The van der Waals surface area contributed by atoms with Crippen LogP contribution in [0.15, 0.2) is 18.2 Å². The van der Waals surface area contributed by atoms with Gasteiger partial charge in [0.25, 0.3) is 5.91 Å². The minimum atomic E-state index is -2.96. The Labute approximate surface area is 152 Å². The maximum absolute atomic E-state index is 12.2. The quantitative estimate of drug-likeness (QED) is 0.754. The summed E-state index contributed by atoms with van der Waals surface area (Å²) in [5.41, 5.74) is 2.64. The molecule has 2 rings (SSSR count). The fourth-order valence-electron chi connectivity index (χ4n) is 2.47. The predicted molar refractivity (Wildman–Crippen MR) is 99.6 cm³/mol. The van der Waals surface area contributed by atoms with Crippen LogP contribution in [0.25, 0.3) is 0 Å². The van der Waals surface area contributed by atoms with Crippen molar-refractivity contribution in [2.24, 2.45) is 0 Å². The Morgan fingerprint density at radius 2 is 2.08 bits per heavy atom. The molecule has 0 aromatic heterocycles. The number of aryl methyl sites for hydroxylation is 2. The van der Waals surface area contributed by atoms with Crippen LogP contribution in [0.5, 0.6) is 0 Å². The summed E-state index contributed by atoms with van der Waals surface area (Å²) in [6, 6.07) is 5.72. The van der Waals surface area contributed by atoms with Crippen molar-refractivity contribution >= 4 is 39.2 Å². The van der Waals surface area contributed by atoms with E-state index in [9.17, 15) is 18.0 Å². The van der Waals surface area contributed by atoms with Gasteiger partial charge in [-0.15, -0.1) is 11.8 Å². The van der Waals surface area contributed by atoms with Gasteiger partial charge in [0, 0.05) is 10.9 Å². The Bertz CT molecular complexity index is 760. The van der Waals surface area contributed by atoms with Crippen LogP contribution in [-0.2, 0) is 24.2 Å². The van der Waals surface area contributed by atoms with Crippen LogP contribution in [0.2, 0.25) is 0 Å². The highest BCUT2D eigenvalue weighted by atomic mass is 32.2. The molecule has 1 aromatic carbocycles. The molecule has 1 amide bonds. The molecule has 0 unspecified atom stereocenters. The maximum atomic E-state index is 12.2. The molecule has 1 N–H and O–H groups in total. The van der Waals surface area contributed by atoms with E-state index < -0.39 is 27.8 Å². The van der Waals surface area contributed by atoms with E-state index in [1.165, 1.54) is 18.7 Å². The predicted octanol–water partition coefficient (Wildman–Crippen LogP) is 2.09. The zero-order valence-corrected chi connectivity index (χ0v) is 16.2. The Hall–Kier alpha value is -1.54. The van der Waals surface area contributed by atoms with Gasteiger partial charge in [0.05, 0.1) is 17.3 Å². The van der Waals surface area contributed by atoms with Crippen LogP contribution in [0, 0.1) is 13.8 Å². The van der Waals surface area contributed by atoms with Gasteiger partial charge in [-0.3, -0.25) is 9.59 Å². The van der Waals surface area contributed by atoms with Crippen LogP contribution < -0.4 is 5.32 Å². The van der Waals surface area contributed by atoms with Crippen molar-refractivity contribution in [3.63, 3.8) is 0 Å². The van der Waals surface area contributed by atoms with Gasteiger partial charge in [-0.05, 0) is 44.4 Å². The maximum Gasteiger partial charge on any atom is 0.316 e. The lowest BCUT2D eigenvalue weighted by atomic mass is 10.1. The molecule has 0 saturated carbocycles. The third-order valence-electron chi connectivity index (χ3n) is 3.96. The minimum absolute atomic E-state index is 0.0429. The third-order valence-corrected chi connectivity index (χ3v) is 7.21. The van der Waals surface area contributed by atoms with Gasteiger partial charge < -0.3 is 10.1 Å². The van der Waals surface area contributed by atoms with Crippen LogP contribution in [0.4, 0.5) is 5.69 Å². The lowest BCUT2D eigenvalue weighted by Crippen LogP contribution is -2.31. The molecule has 6 nitrogen and oxygen atoms in total. The number of carbonyl (C=O) groups excluding carboxylic acids is 2. The summed E-state index contributed by atoms with van der Waals surface area (Å²) in [5.74, 6) is -0.586. The molecular weight excluding hydrogens is 362 g/mol. The number of anilines is 1. The highest BCUT2D eigenvalue weighted by Gasteiger charge is 2.29. The van der Waals surface area contributed by atoms with Crippen LogP contribution >= 0.6 is 11.8 Å². The number of hydrogen-bond donors (Lipinski definition) is 1. The first-order valence-corrected chi connectivity index (χ1v) is 10.9. The number of thioether (sulfide) groups is 1. The zero-order valence-electron chi connectivity index (χ0n) is 14.6. The molecule has 138 valence electrons. The van der Waals surface area contributed by atoms with E-state index in [0.29, 0.717) is 12.1 Å². The van der Waals surface area contributed by atoms with Gasteiger partial charge in [0.1, 0.15) is 0 Å². The molecule has 0 aliphatic carbocycles. The summed E-state index contributed by atoms with van der Waals surface area (Å²) in [6.45, 7) is 5.33.